The summed E-state index contributed by atoms with van der Waals surface area (Å²) in [7, 11) is 0. The van der Waals surface area contributed by atoms with Crippen LogP contribution in [0.1, 0.15) is 22.5 Å². The van der Waals surface area contributed by atoms with Crippen LogP contribution in [-0.2, 0) is 6.54 Å². The molecule has 3 nitrogen and oxygen atoms in total. The zero-order valence-corrected chi connectivity index (χ0v) is 10.3. The molecule has 90 valence electrons. The molecule has 0 saturated carbocycles. The molecule has 1 aromatic heterocycles. The molecule has 0 fully saturated rings. The molecule has 0 aliphatic carbocycles. The number of hydrogen-bond donors (Lipinski definition) is 2. The third kappa shape index (κ3) is 2.46. The lowest BCUT2D eigenvalue weighted by Crippen LogP contribution is -2.03. The maximum Gasteiger partial charge on any atom is 0.125 e. The number of halogens is 1. The van der Waals surface area contributed by atoms with E-state index in [1.54, 1.807) is 6.07 Å². The molecular formula is C13H16FN3. The second-order valence-corrected chi connectivity index (χ2v) is 4.23. The van der Waals surface area contributed by atoms with Gasteiger partial charge in [0.1, 0.15) is 5.82 Å². The Hall–Kier alpha value is -1.84. The molecular weight excluding hydrogens is 217 g/mol. The molecule has 0 amide bonds. The normalized spacial score (nSPS) is 10.6. The van der Waals surface area contributed by atoms with Crippen LogP contribution in [0.2, 0.25) is 0 Å². The number of aromatic amines is 1. The van der Waals surface area contributed by atoms with Crippen molar-refractivity contribution in [3.63, 3.8) is 0 Å². The smallest absolute Gasteiger partial charge is 0.125 e. The number of H-pyrrole nitrogens is 1. The number of aromatic nitrogens is 2. The molecule has 0 unspecified atom stereocenters. The van der Waals surface area contributed by atoms with Crippen molar-refractivity contribution >= 4 is 5.69 Å². The summed E-state index contributed by atoms with van der Waals surface area (Å²) in [6, 6.07) is 4.75. The Morgan fingerprint density at radius 1 is 1.29 bits per heavy atom. The van der Waals surface area contributed by atoms with Crippen LogP contribution in [0.5, 0.6) is 0 Å². The summed E-state index contributed by atoms with van der Waals surface area (Å²) in [6.07, 6.45) is 0. The molecule has 4 heteroatoms. The first-order valence-electron chi connectivity index (χ1n) is 5.58. The number of benzene rings is 1. The van der Waals surface area contributed by atoms with Crippen molar-refractivity contribution in [2.75, 3.05) is 5.32 Å². The lowest BCUT2D eigenvalue weighted by Gasteiger charge is -2.09. The molecule has 17 heavy (non-hydrogen) atoms. The predicted molar refractivity (Wildman–Crippen MR) is 66.5 cm³/mol. The maximum atomic E-state index is 13.1. The highest BCUT2D eigenvalue weighted by Crippen LogP contribution is 2.18. The SMILES string of the molecule is Cc1ccc(F)cc1NCc1c(C)n[nH]c1C. The van der Waals surface area contributed by atoms with Crippen LogP contribution >= 0.6 is 0 Å². The van der Waals surface area contributed by atoms with E-state index in [0.717, 1.165) is 28.2 Å². The lowest BCUT2D eigenvalue weighted by atomic mass is 10.1. The first kappa shape index (κ1) is 11.6. The molecule has 0 spiro atoms. The van der Waals surface area contributed by atoms with Crippen LogP contribution in [0, 0.1) is 26.6 Å². The number of rotatable bonds is 3. The predicted octanol–water partition coefficient (Wildman–Crippen LogP) is 3.09. The van der Waals surface area contributed by atoms with Gasteiger partial charge in [0.15, 0.2) is 0 Å². The summed E-state index contributed by atoms with van der Waals surface area (Å²) in [5.41, 5.74) is 5.01. The van der Waals surface area contributed by atoms with E-state index < -0.39 is 0 Å². The van der Waals surface area contributed by atoms with Gasteiger partial charge in [0.05, 0.1) is 5.69 Å². The van der Waals surface area contributed by atoms with Crippen molar-refractivity contribution in [3.05, 3.63) is 46.5 Å². The molecule has 1 heterocycles. The quantitative estimate of drug-likeness (QED) is 0.855. The van der Waals surface area contributed by atoms with Gasteiger partial charge < -0.3 is 5.32 Å². The van der Waals surface area contributed by atoms with E-state index in [9.17, 15) is 4.39 Å². The van der Waals surface area contributed by atoms with Crippen LogP contribution in [0.25, 0.3) is 0 Å². The van der Waals surface area contributed by atoms with Crippen molar-refractivity contribution in [2.45, 2.75) is 27.3 Å². The van der Waals surface area contributed by atoms with Gasteiger partial charge in [-0.05, 0) is 38.5 Å². The van der Waals surface area contributed by atoms with Gasteiger partial charge in [-0.3, -0.25) is 5.10 Å². The van der Waals surface area contributed by atoms with Gasteiger partial charge >= 0.3 is 0 Å². The highest BCUT2D eigenvalue weighted by molar-refractivity contribution is 5.51. The molecule has 0 bridgehead atoms. The second-order valence-electron chi connectivity index (χ2n) is 4.23. The minimum absolute atomic E-state index is 0.223. The van der Waals surface area contributed by atoms with E-state index in [2.05, 4.69) is 15.5 Å². The molecule has 0 aliphatic heterocycles. The van der Waals surface area contributed by atoms with E-state index in [0.29, 0.717) is 6.54 Å². The molecule has 2 N–H and O–H groups in total. The summed E-state index contributed by atoms with van der Waals surface area (Å²) < 4.78 is 13.1. The highest BCUT2D eigenvalue weighted by atomic mass is 19.1. The van der Waals surface area contributed by atoms with Crippen molar-refractivity contribution in [3.8, 4) is 0 Å². The Morgan fingerprint density at radius 3 is 2.71 bits per heavy atom. The molecule has 2 aromatic rings. The molecule has 0 radical (unpaired) electrons. The zero-order valence-electron chi connectivity index (χ0n) is 10.3. The Labute approximate surface area is 100 Å². The number of anilines is 1. The lowest BCUT2D eigenvalue weighted by molar-refractivity contribution is 0.628. The van der Waals surface area contributed by atoms with E-state index in [1.165, 1.54) is 12.1 Å². The van der Waals surface area contributed by atoms with Crippen LogP contribution in [-0.4, -0.2) is 10.2 Å². The van der Waals surface area contributed by atoms with E-state index in [1.807, 2.05) is 20.8 Å². The van der Waals surface area contributed by atoms with E-state index in [-0.39, 0.29) is 5.82 Å². The van der Waals surface area contributed by atoms with Gasteiger partial charge in [0, 0.05) is 23.5 Å². The summed E-state index contributed by atoms with van der Waals surface area (Å²) in [4.78, 5) is 0. The van der Waals surface area contributed by atoms with Gasteiger partial charge in [-0.2, -0.15) is 5.10 Å². The Bertz CT molecular complexity index is 512. The van der Waals surface area contributed by atoms with Crippen LogP contribution < -0.4 is 5.32 Å². The third-order valence-electron chi connectivity index (χ3n) is 2.94. The fourth-order valence-electron chi connectivity index (χ4n) is 1.80. The Balaban J connectivity index is 2.15. The summed E-state index contributed by atoms with van der Waals surface area (Å²) >= 11 is 0. The van der Waals surface area contributed by atoms with Crippen LogP contribution in [0.3, 0.4) is 0 Å². The van der Waals surface area contributed by atoms with Crippen LogP contribution in [0.15, 0.2) is 18.2 Å². The van der Waals surface area contributed by atoms with E-state index in [4.69, 9.17) is 0 Å². The first-order chi connectivity index (χ1) is 8.08. The van der Waals surface area contributed by atoms with Crippen molar-refractivity contribution in [1.82, 2.24) is 10.2 Å². The fraction of sp³-hybridized carbons (Fsp3) is 0.308. The summed E-state index contributed by atoms with van der Waals surface area (Å²) in [5, 5.41) is 10.3. The Morgan fingerprint density at radius 2 is 2.06 bits per heavy atom. The summed E-state index contributed by atoms with van der Waals surface area (Å²) in [5.74, 6) is -0.223. The van der Waals surface area contributed by atoms with Gasteiger partial charge in [0.25, 0.3) is 0 Å². The van der Waals surface area contributed by atoms with Gasteiger partial charge in [0.2, 0.25) is 0 Å². The van der Waals surface area contributed by atoms with Crippen molar-refractivity contribution < 1.29 is 4.39 Å². The molecule has 0 aliphatic rings. The largest absolute Gasteiger partial charge is 0.381 e. The number of nitrogens with one attached hydrogen (secondary N) is 2. The highest BCUT2D eigenvalue weighted by Gasteiger charge is 2.06. The molecule has 1 aromatic carbocycles. The van der Waals surface area contributed by atoms with Gasteiger partial charge in [-0.25, -0.2) is 4.39 Å². The Kier molecular flexibility index (Phi) is 3.13. The topological polar surface area (TPSA) is 40.7 Å². The number of aryl methyl sites for hydroxylation is 3. The average Bonchev–Trinajstić information content (AvgIpc) is 2.61. The number of hydrogen-bond acceptors (Lipinski definition) is 2. The maximum absolute atomic E-state index is 13.1. The first-order valence-corrected chi connectivity index (χ1v) is 5.58. The van der Waals surface area contributed by atoms with Crippen LogP contribution in [0.4, 0.5) is 10.1 Å². The zero-order chi connectivity index (χ0) is 12.4. The monoisotopic (exact) mass is 233 g/mol. The van der Waals surface area contributed by atoms with Crippen molar-refractivity contribution in [2.24, 2.45) is 0 Å². The number of nitrogens with zero attached hydrogens (tertiary/aromatic N) is 1. The van der Waals surface area contributed by atoms with Gasteiger partial charge in [-0.1, -0.05) is 6.07 Å². The minimum atomic E-state index is -0.223. The van der Waals surface area contributed by atoms with Crippen molar-refractivity contribution in [1.29, 1.82) is 0 Å². The fourth-order valence-corrected chi connectivity index (χ4v) is 1.80. The van der Waals surface area contributed by atoms with Gasteiger partial charge in [-0.15, -0.1) is 0 Å². The molecule has 0 atom stereocenters. The second kappa shape index (κ2) is 4.57. The summed E-state index contributed by atoms with van der Waals surface area (Å²) in [6.45, 7) is 6.55. The molecule has 0 saturated heterocycles. The third-order valence-corrected chi connectivity index (χ3v) is 2.94. The minimum Gasteiger partial charge on any atom is -0.381 e. The molecule has 2 rings (SSSR count). The average molecular weight is 233 g/mol. The van der Waals surface area contributed by atoms with E-state index >= 15 is 0 Å². The standard InChI is InChI=1S/C13H16FN3/c1-8-4-5-11(14)6-13(8)15-7-12-9(2)16-17-10(12)3/h4-6,15H,7H2,1-3H3,(H,16,17).